The third-order valence-corrected chi connectivity index (χ3v) is 2.94. The molecule has 4 heteroatoms. The van der Waals surface area contributed by atoms with Crippen molar-refractivity contribution in [2.45, 2.75) is 32.4 Å². The number of nitrogens with zero attached hydrogens (tertiary/aromatic N) is 1. The molecule has 0 unspecified atom stereocenters. The molecular formula is C16H22N2O2. The maximum atomic E-state index is 9.95. The van der Waals surface area contributed by atoms with Crippen molar-refractivity contribution in [3.05, 3.63) is 36.7 Å². The summed E-state index contributed by atoms with van der Waals surface area (Å²) in [5.74, 6) is 0.778. The number of hydrogen-bond donors (Lipinski definition) is 2. The zero-order chi connectivity index (χ0) is 14.6. The lowest BCUT2D eigenvalue weighted by Gasteiger charge is -2.23. The molecule has 0 aliphatic heterocycles. The standard InChI is InChI=1S/C16H22N2O2/c1-16(2,3)18-10-13(19)11-20-15-6-4-5-12-9-17-8-7-14(12)15/h4-9,13,18-19H,10-11H2,1-3H3/t13-/m0/s1. The molecule has 0 bridgehead atoms. The molecule has 0 aliphatic rings. The number of nitrogens with one attached hydrogen (secondary N) is 1. The first-order chi connectivity index (χ1) is 9.46. The Labute approximate surface area is 119 Å². The first-order valence-corrected chi connectivity index (χ1v) is 6.84. The van der Waals surface area contributed by atoms with Gasteiger partial charge in [0.05, 0.1) is 0 Å². The number of benzene rings is 1. The summed E-state index contributed by atoms with van der Waals surface area (Å²) in [5, 5.41) is 15.2. The summed E-state index contributed by atoms with van der Waals surface area (Å²) in [6.45, 7) is 6.98. The highest BCUT2D eigenvalue weighted by Crippen LogP contribution is 2.24. The van der Waals surface area contributed by atoms with E-state index in [1.54, 1.807) is 12.4 Å². The fraction of sp³-hybridized carbons (Fsp3) is 0.438. The molecule has 0 aliphatic carbocycles. The summed E-state index contributed by atoms with van der Waals surface area (Å²) < 4.78 is 5.73. The van der Waals surface area contributed by atoms with Crippen LogP contribution in [0.25, 0.3) is 10.8 Å². The van der Waals surface area contributed by atoms with Crippen molar-refractivity contribution in [3.8, 4) is 5.75 Å². The van der Waals surface area contributed by atoms with E-state index < -0.39 is 6.10 Å². The van der Waals surface area contributed by atoms with Gasteiger partial charge in [-0.2, -0.15) is 0 Å². The van der Waals surface area contributed by atoms with E-state index >= 15 is 0 Å². The van der Waals surface area contributed by atoms with Crippen molar-refractivity contribution < 1.29 is 9.84 Å². The number of aromatic nitrogens is 1. The van der Waals surface area contributed by atoms with Gasteiger partial charge in [0.2, 0.25) is 0 Å². The molecular weight excluding hydrogens is 252 g/mol. The first kappa shape index (κ1) is 14.8. The van der Waals surface area contributed by atoms with E-state index in [2.05, 4.69) is 31.1 Å². The lowest BCUT2D eigenvalue weighted by atomic mass is 10.1. The molecule has 0 saturated carbocycles. The van der Waals surface area contributed by atoms with Gasteiger partial charge in [-0.3, -0.25) is 4.98 Å². The van der Waals surface area contributed by atoms with Crippen molar-refractivity contribution in [2.24, 2.45) is 0 Å². The molecule has 2 rings (SSSR count). The fourth-order valence-electron chi connectivity index (χ4n) is 1.89. The van der Waals surface area contributed by atoms with E-state index in [1.165, 1.54) is 0 Å². The van der Waals surface area contributed by atoms with E-state index in [0.29, 0.717) is 6.54 Å². The summed E-state index contributed by atoms with van der Waals surface area (Å²) in [4.78, 5) is 4.09. The Morgan fingerprint density at radius 2 is 2.10 bits per heavy atom. The van der Waals surface area contributed by atoms with Crippen LogP contribution in [-0.4, -0.2) is 34.9 Å². The highest BCUT2D eigenvalue weighted by molar-refractivity contribution is 5.87. The molecule has 0 spiro atoms. The Bertz CT molecular complexity index is 558. The molecule has 1 aromatic heterocycles. The molecule has 0 amide bonds. The van der Waals surface area contributed by atoms with Gasteiger partial charge in [-0.25, -0.2) is 0 Å². The quantitative estimate of drug-likeness (QED) is 0.879. The topological polar surface area (TPSA) is 54.4 Å². The van der Waals surface area contributed by atoms with Crippen LogP contribution in [0, 0.1) is 0 Å². The molecule has 108 valence electrons. The van der Waals surface area contributed by atoms with Crippen LogP contribution in [0.2, 0.25) is 0 Å². The van der Waals surface area contributed by atoms with Gasteiger partial charge in [-0.15, -0.1) is 0 Å². The van der Waals surface area contributed by atoms with Crippen LogP contribution < -0.4 is 10.1 Å². The molecule has 4 nitrogen and oxygen atoms in total. The number of aliphatic hydroxyl groups is 1. The highest BCUT2D eigenvalue weighted by Gasteiger charge is 2.13. The Morgan fingerprint density at radius 3 is 2.85 bits per heavy atom. The fourth-order valence-corrected chi connectivity index (χ4v) is 1.89. The summed E-state index contributed by atoms with van der Waals surface area (Å²) in [6, 6.07) is 7.75. The van der Waals surface area contributed by atoms with Crippen LogP contribution in [0.15, 0.2) is 36.7 Å². The number of ether oxygens (including phenoxy) is 1. The summed E-state index contributed by atoms with van der Waals surface area (Å²) in [7, 11) is 0. The predicted molar refractivity (Wildman–Crippen MR) is 81.0 cm³/mol. The minimum atomic E-state index is -0.536. The maximum Gasteiger partial charge on any atom is 0.127 e. The molecule has 0 fully saturated rings. The Balaban J connectivity index is 1.96. The third-order valence-electron chi connectivity index (χ3n) is 2.94. The minimum Gasteiger partial charge on any atom is -0.490 e. The average molecular weight is 274 g/mol. The molecule has 1 aromatic carbocycles. The number of pyridine rings is 1. The van der Waals surface area contributed by atoms with E-state index in [4.69, 9.17) is 4.74 Å². The van der Waals surface area contributed by atoms with Crippen molar-refractivity contribution in [1.82, 2.24) is 10.3 Å². The van der Waals surface area contributed by atoms with E-state index in [9.17, 15) is 5.11 Å². The number of aliphatic hydroxyl groups excluding tert-OH is 1. The SMILES string of the molecule is CC(C)(C)NC[C@H](O)COc1cccc2cnccc12. The van der Waals surface area contributed by atoms with E-state index in [-0.39, 0.29) is 12.1 Å². The monoisotopic (exact) mass is 274 g/mol. The maximum absolute atomic E-state index is 9.95. The summed E-state index contributed by atoms with van der Waals surface area (Å²) in [6.07, 6.45) is 3.01. The molecule has 2 N–H and O–H groups in total. The number of β-amino-alcohol motifs (C(OH)–C–C–N with tert-alkyl or cyclic N) is 1. The van der Waals surface area contributed by atoms with E-state index in [1.807, 2.05) is 24.3 Å². The molecule has 0 saturated heterocycles. The Morgan fingerprint density at radius 1 is 1.30 bits per heavy atom. The average Bonchev–Trinajstić information content (AvgIpc) is 2.42. The summed E-state index contributed by atoms with van der Waals surface area (Å²) in [5.41, 5.74) is -0.00784. The van der Waals surface area contributed by atoms with Gasteiger partial charge >= 0.3 is 0 Å². The molecule has 20 heavy (non-hydrogen) atoms. The van der Waals surface area contributed by atoms with Crippen molar-refractivity contribution >= 4 is 10.8 Å². The van der Waals surface area contributed by atoms with Gasteiger partial charge in [0, 0.05) is 35.2 Å². The van der Waals surface area contributed by atoms with Crippen LogP contribution in [0.1, 0.15) is 20.8 Å². The van der Waals surface area contributed by atoms with Crippen LogP contribution in [0.4, 0.5) is 0 Å². The van der Waals surface area contributed by atoms with E-state index in [0.717, 1.165) is 16.5 Å². The third kappa shape index (κ3) is 4.18. The largest absolute Gasteiger partial charge is 0.490 e. The predicted octanol–water partition coefficient (Wildman–Crippen LogP) is 2.36. The van der Waals surface area contributed by atoms with Crippen molar-refractivity contribution in [1.29, 1.82) is 0 Å². The van der Waals surface area contributed by atoms with Gasteiger partial charge in [0.25, 0.3) is 0 Å². The van der Waals surface area contributed by atoms with Crippen molar-refractivity contribution in [3.63, 3.8) is 0 Å². The van der Waals surface area contributed by atoms with Crippen LogP contribution in [-0.2, 0) is 0 Å². The van der Waals surface area contributed by atoms with Gasteiger partial charge in [-0.05, 0) is 32.9 Å². The molecule has 1 heterocycles. The second-order valence-corrected chi connectivity index (χ2v) is 5.95. The number of rotatable bonds is 5. The molecule has 2 aromatic rings. The van der Waals surface area contributed by atoms with Gasteiger partial charge in [-0.1, -0.05) is 12.1 Å². The van der Waals surface area contributed by atoms with Crippen LogP contribution in [0.5, 0.6) is 5.75 Å². The molecule has 1 atom stereocenters. The zero-order valence-electron chi connectivity index (χ0n) is 12.3. The Kier molecular flexibility index (Phi) is 4.57. The zero-order valence-corrected chi connectivity index (χ0v) is 12.3. The lowest BCUT2D eigenvalue weighted by molar-refractivity contribution is 0.101. The van der Waals surface area contributed by atoms with Gasteiger partial charge in [0.1, 0.15) is 18.5 Å². The smallest absolute Gasteiger partial charge is 0.127 e. The first-order valence-electron chi connectivity index (χ1n) is 6.84. The summed E-state index contributed by atoms with van der Waals surface area (Å²) >= 11 is 0. The number of fused-ring (bicyclic) bond motifs is 1. The van der Waals surface area contributed by atoms with Crippen molar-refractivity contribution in [2.75, 3.05) is 13.2 Å². The van der Waals surface area contributed by atoms with Gasteiger partial charge in [0.15, 0.2) is 0 Å². The van der Waals surface area contributed by atoms with Gasteiger partial charge < -0.3 is 15.2 Å². The van der Waals surface area contributed by atoms with Crippen LogP contribution in [0.3, 0.4) is 0 Å². The lowest BCUT2D eigenvalue weighted by Crippen LogP contribution is -2.42. The normalized spacial score (nSPS) is 13.4. The number of hydrogen-bond acceptors (Lipinski definition) is 4. The second kappa shape index (κ2) is 6.20. The highest BCUT2D eigenvalue weighted by atomic mass is 16.5. The second-order valence-electron chi connectivity index (χ2n) is 5.95. The minimum absolute atomic E-state index is 0.00784. The molecule has 0 radical (unpaired) electrons. The van der Waals surface area contributed by atoms with Crippen LogP contribution >= 0.6 is 0 Å². The Hall–Kier alpha value is -1.65.